The summed E-state index contributed by atoms with van der Waals surface area (Å²) < 4.78 is 1.65. The summed E-state index contributed by atoms with van der Waals surface area (Å²) in [7, 11) is 0. The molecule has 0 fully saturated rings. The molecule has 2 N–H and O–H groups in total. The maximum Gasteiger partial charge on any atom is 0.308 e. The monoisotopic (exact) mass is 301 g/mol. The molecule has 1 amide bonds. The van der Waals surface area contributed by atoms with Gasteiger partial charge in [-0.2, -0.15) is 5.10 Å². The van der Waals surface area contributed by atoms with Gasteiger partial charge in [0.15, 0.2) is 0 Å². The Morgan fingerprint density at radius 2 is 2.00 bits per heavy atom. The highest BCUT2D eigenvalue weighted by Crippen LogP contribution is 2.22. The molecule has 1 aromatic heterocycles. The highest BCUT2D eigenvalue weighted by Gasteiger charge is 2.27. The lowest BCUT2D eigenvalue weighted by atomic mass is 9.94. The quantitative estimate of drug-likeness (QED) is 0.855. The first-order valence-electron chi connectivity index (χ1n) is 7.14. The number of carboxylic acid groups (broad SMARTS) is 1. The highest BCUT2D eigenvalue weighted by molar-refractivity contribution is 5.94. The fourth-order valence-electron chi connectivity index (χ4n) is 2.18. The summed E-state index contributed by atoms with van der Waals surface area (Å²) in [4.78, 5) is 23.6. The van der Waals surface area contributed by atoms with Crippen LogP contribution in [0.3, 0.4) is 0 Å². The number of aromatic nitrogens is 2. The number of carbonyl (C=O) groups excluding carboxylic acids is 1. The molecule has 0 aliphatic heterocycles. The Bertz CT molecular complexity index is 652. The molecule has 0 aliphatic rings. The van der Waals surface area contributed by atoms with Crippen LogP contribution in [0, 0.1) is 5.92 Å². The molecule has 116 valence electrons. The number of rotatable bonds is 6. The normalized spacial score (nSPS) is 13.4. The molecule has 6 heteroatoms. The molecule has 6 nitrogen and oxygen atoms in total. The summed E-state index contributed by atoms with van der Waals surface area (Å²) in [6.07, 6.45) is 3.12. The number of carbonyl (C=O) groups is 2. The molecule has 0 saturated carbocycles. The van der Waals surface area contributed by atoms with Gasteiger partial charge in [0.1, 0.15) is 0 Å². The third-order valence-corrected chi connectivity index (χ3v) is 3.55. The predicted octanol–water partition coefficient (Wildman–Crippen LogP) is 2.09. The highest BCUT2D eigenvalue weighted by atomic mass is 16.4. The molecule has 2 rings (SSSR count). The Balaban J connectivity index is 2.22. The summed E-state index contributed by atoms with van der Waals surface area (Å²) in [6.45, 7) is 4.17. The van der Waals surface area contributed by atoms with E-state index in [4.69, 9.17) is 0 Å². The van der Waals surface area contributed by atoms with Crippen LogP contribution in [-0.2, 0) is 11.3 Å². The van der Waals surface area contributed by atoms with E-state index < -0.39 is 17.9 Å². The Morgan fingerprint density at radius 3 is 2.55 bits per heavy atom. The zero-order valence-corrected chi connectivity index (χ0v) is 12.6. The van der Waals surface area contributed by atoms with Gasteiger partial charge in [-0.3, -0.25) is 14.3 Å². The van der Waals surface area contributed by atoms with E-state index in [1.807, 2.05) is 25.1 Å². The van der Waals surface area contributed by atoms with Gasteiger partial charge in [-0.1, -0.05) is 30.3 Å². The van der Waals surface area contributed by atoms with Crippen LogP contribution in [0.4, 0.5) is 0 Å². The number of aryl methyl sites for hydroxylation is 1. The molecular weight excluding hydrogens is 282 g/mol. The zero-order valence-electron chi connectivity index (χ0n) is 12.6. The molecule has 0 aliphatic carbocycles. The van der Waals surface area contributed by atoms with Crippen LogP contribution in [0.1, 0.15) is 35.8 Å². The van der Waals surface area contributed by atoms with Crippen molar-refractivity contribution in [1.82, 2.24) is 15.1 Å². The van der Waals surface area contributed by atoms with Gasteiger partial charge < -0.3 is 10.4 Å². The molecule has 1 aromatic carbocycles. The molecule has 22 heavy (non-hydrogen) atoms. The Kier molecular flexibility index (Phi) is 4.93. The van der Waals surface area contributed by atoms with Crippen LogP contribution in [0.25, 0.3) is 0 Å². The molecule has 2 unspecified atom stereocenters. The number of aliphatic carboxylic acids is 1. The number of benzene rings is 1. The second kappa shape index (κ2) is 6.89. The van der Waals surface area contributed by atoms with Gasteiger partial charge in [-0.05, 0) is 19.4 Å². The van der Waals surface area contributed by atoms with Gasteiger partial charge >= 0.3 is 5.97 Å². The standard InChI is InChI=1S/C16H19N3O3/c1-3-19-10-13(9-17-19)15(20)18-14(11(2)16(21)22)12-7-5-4-6-8-12/h4-11,14H,3H2,1-2H3,(H,18,20)(H,21,22). The maximum absolute atomic E-state index is 12.3. The second-order valence-corrected chi connectivity index (χ2v) is 5.07. The van der Waals surface area contributed by atoms with Gasteiger partial charge in [0.05, 0.1) is 23.7 Å². The number of carboxylic acids is 1. The minimum atomic E-state index is -0.960. The maximum atomic E-state index is 12.3. The first kappa shape index (κ1) is 15.8. The first-order chi connectivity index (χ1) is 10.5. The SMILES string of the molecule is CCn1cc(C(=O)NC(c2ccccc2)C(C)C(=O)O)cn1. The molecule has 0 saturated heterocycles. The summed E-state index contributed by atoms with van der Waals surface area (Å²) in [5.74, 6) is -2.03. The fraction of sp³-hybridized carbons (Fsp3) is 0.312. The lowest BCUT2D eigenvalue weighted by Gasteiger charge is -2.22. The van der Waals surface area contributed by atoms with Crippen molar-refractivity contribution in [1.29, 1.82) is 0 Å². The van der Waals surface area contributed by atoms with Crippen molar-refractivity contribution >= 4 is 11.9 Å². The van der Waals surface area contributed by atoms with Crippen LogP contribution >= 0.6 is 0 Å². The minimum Gasteiger partial charge on any atom is -0.481 e. The summed E-state index contributed by atoms with van der Waals surface area (Å²) in [6, 6.07) is 8.49. The van der Waals surface area contributed by atoms with Crippen LogP contribution in [-0.4, -0.2) is 26.8 Å². The molecule has 0 bridgehead atoms. The molecule has 1 heterocycles. The van der Waals surface area contributed by atoms with Crippen molar-refractivity contribution in [3.8, 4) is 0 Å². The van der Waals surface area contributed by atoms with Gasteiger partial charge in [-0.25, -0.2) is 0 Å². The Labute approximate surface area is 128 Å². The molecule has 2 aromatic rings. The summed E-state index contributed by atoms with van der Waals surface area (Å²) in [5.41, 5.74) is 1.18. The first-order valence-corrected chi connectivity index (χ1v) is 7.14. The number of hydrogen-bond donors (Lipinski definition) is 2. The second-order valence-electron chi connectivity index (χ2n) is 5.07. The average molecular weight is 301 g/mol. The van der Waals surface area contributed by atoms with Crippen LogP contribution in [0.5, 0.6) is 0 Å². The molecular formula is C16H19N3O3. The van der Waals surface area contributed by atoms with E-state index in [2.05, 4.69) is 10.4 Å². The van der Waals surface area contributed by atoms with Gasteiger partial charge in [0, 0.05) is 12.7 Å². The predicted molar refractivity (Wildman–Crippen MR) is 81.4 cm³/mol. The van der Waals surface area contributed by atoms with Gasteiger partial charge in [-0.15, -0.1) is 0 Å². The van der Waals surface area contributed by atoms with E-state index in [0.717, 1.165) is 5.56 Å². The Morgan fingerprint density at radius 1 is 1.32 bits per heavy atom. The van der Waals surface area contributed by atoms with Crippen molar-refractivity contribution < 1.29 is 14.7 Å². The van der Waals surface area contributed by atoms with E-state index in [1.165, 1.54) is 6.20 Å². The number of hydrogen-bond acceptors (Lipinski definition) is 3. The van der Waals surface area contributed by atoms with Crippen molar-refractivity contribution in [3.05, 3.63) is 53.9 Å². The van der Waals surface area contributed by atoms with Crippen LogP contribution < -0.4 is 5.32 Å². The third kappa shape index (κ3) is 3.52. The zero-order chi connectivity index (χ0) is 16.1. The summed E-state index contributed by atoms with van der Waals surface area (Å²) in [5, 5.41) is 16.1. The smallest absolute Gasteiger partial charge is 0.308 e. The summed E-state index contributed by atoms with van der Waals surface area (Å²) >= 11 is 0. The topological polar surface area (TPSA) is 84.2 Å². The van der Waals surface area contributed by atoms with Crippen LogP contribution in [0.2, 0.25) is 0 Å². The third-order valence-electron chi connectivity index (χ3n) is 3.55. The van der Waals surface area contributed by atoms with Crippen molar-refractivity contribution in [2.45, 2.75) is 26.4 Å². The van der Waals surface area contributed by atoms with E-state index in [0.29, 0.717) is 12.1 Å². The van der Waals surface area contributed by atoms with E-state index >= 15 is 0 Å². The number of nitrogens with one attached hydrogen (secondary N) is 1. The van der Waals surface area contributed by atoms with E-state index in [1.54, 1.807) is 29.9 Å². The largest absolute Gasteiger partial charge is 0.481 e. The van der Waals surface area contributed by atoms with Crippen LogP contribution in [0.15, 0.2) is 42.7 Å². The van der Waals surface area contributed by atoms with E-state index in [9.17, 15) is 14.7 Å². The number of amides is 1. The average Bonchev–Trinajstić information content (AvgIpc) is 3.01. The minimum absolute atomic E-state index is 0.332. The van der Waals surface area contributed by atoms with Crippen molar-refractivity contribution in [3.63, 3.8) is 0 Å². The lowest BCUT2D eigenvalue weighted by molar-refractivity contribution is -0.142. The molecule has 2 atom stereocenters. The lowest BCUT2D eigenvalue weighted by Crippen LogP contribution is -2.35. The molecule has 0 radical (unpaired) electrons. The van der Waals surface area contributed by atoms with Crippen molar-refractivity contribution in [2.24, 2.45) is 5.92 Å². The Hall–Kier alpha value is -2.63. The number of nitrogens with zero attached hydrogens (tertiary/aromatic N) is 2. The van der Waals surface area contributed by atoms with E-state index in [-0.39, 0.29) is 5.91 Å². The van der Waals surface area contributed by atoms with Crippen molar-refractivity contribution in [2.75, 3.05) is 0 Å². The molecule has 0 spiro atoms. The fourth-order valence-corrected chi connectivity index (χ4v) is 2.18. The van der Waals surface area contributed by atoms with Gasteiger partial charge in [0.25, 0.3) is 5.91 Å². The van der Waals surface area contributed by atoms with Gasteiger partial charge in [0.2, 0.25) is 0 Å².